The summed E-state index contributed by atoms with van der Waals surface area (Å²) in [4.78, 5) is 4.28. The third kappa shape index (κ3) is 6.75. The largest absolute Gasteiger partial charge is 0.356 e. The van der Waals surface area contributed by atoms with E-state index in [0.29, 0.717) is 0 Å². The monoisotopic (exact) mass is 373 g/mol. The van der Waals surface area contributed by atoms with Gasteiger partial charge in [-0.2, -0.15) is 16.9 Å². The molecular weight excluding hydrogens is 342 g/mol. The molecule has 2 rings (SSSR count). The van der Waals surface area contributed by atoms with Crippen molar-refractivity contribution in [3.63, 3.8) is 0 Å². The van der Waals surface area contributed by atoms with Crippen molar-refractivity contribution in [3.05, 3.63) is 47.8 Å². The van der Waals surface area contributed by atoms with Crippen molar-refractivity contribution in [2.45, 2.75) is 32.6 Å². The summed E-state index contributed by atoms with van der Waals surface area (Å²) in [6, 6.07) is 10.3. The number of para-hydroxylation sites is 1. The first kappa shape index (κ1) is 20.4. The molecule has 26 heavy (non-hydrogen) atoms. The fourth-order valence-corrected chi connectivity index (χ4v) is 3.23. The maximum Gasteiger partial charge on any atom is 0.190 e. The highest BCUT2D eigenvalue weighted by atomic mass is 32.2. The molecule has 5 nitrogen and oxygen atoms in total. The quantitative estimate of drug-likeness (QED) is 0.381. The highest BCUT2D eigenvalue weighted by Gasteiger charge is 2.06. The van der Waals surface area contributed by atoms with Crippen LogP contribution in [0, 0.1) is 6.92 Å². The molecule has 2 aromatic rings. The molecule has 142 valence electrons. The van der Waals surface area contributed by atoms with E-state index in [-0.39, 0.29) is 0 Å². The van der Waals surface area contributed by atoms with Crippen LogP contribution in [-0.2, 0) is 6.42 Å². The van der Waals surface area contributed by atoms with Crippen LogP contribution in [-0.4, -0.2) is 47.9 Å². The van der Waals surface area contributed by atoms with Crippen molar-refractivity contribution in [1.29, 1.82) is 0 Å². The van der Waals surface area contributed by atoms with E-state index in [1.165, 1.54) is 24.2 Å². The summed E-state index contributed by atoms with van der Waals surface area (Å²) < 4.78 is 1.97. The van der Waals surface area contributed by atoms with Gasteiger partial charge >= 0.3 is 0 Å². The van der Waals surface area contributed by atoms with Crippen molar-refractivity contribution in [2.75, 3.05) is 32.1 Å². The molecule has 0 spiro atoms. The van der Waals surface area contributed by atoms with Gasteiger partial charge in [0.15, 0.2) is 5.96 Å². The number of aliphatic imine (C=N–C) groups is 1. The summed E-state index contributed by atoms with van der Waals surface area (Å²) >= 11 is 1.90. The van der Waals surface area contributed by atoms with Crippen molar-refractivity contribution in [1.82, 2.24) is 20.4 Å². The molecule has 0 radical (unpaired) electrons. The summed E-state index contributed by atoms with van der Waals surface area (Å²) in [5, 5.41) is 11.4. The number of unbranched alkanes of at least 4 members (excludes halogenated alkanes) is 1. The fraction of sp³-hybridized carbons (Fsp3) is 0.500. The van der Waals surface area contributed by atoms with Crippen LogP contribution >= 0.6 is 11.8 Å². The molecule has 1 aromatic heterocycles. The highest BCUT2D eigenvalue weighted by molar-refractivity contribution is 7.98. The van der Waals surface area contributed by atoms with E-state index in [2.05, 4.69) is 52.2 Å². The Morgan fingerprint density at radius 1 is 1.12 bits per heavy atom. The van der Waals surface area contributed by atoms with Gasteiger partial charge in [-0.3, -0.25) is 4.99 Å². The third-order valence-electron chi connectivity index (χ3n) is 4.23. The lowest BCUT2D eigenvalue weighted by Gasteiger charge is -2.11. The zero-order chi connectivity index (χ0) is 18.6. The summed E-state index contributed by atoms with van der Waals surface area (Å²) in [5.41, 5.74) is 3.51. The molecule has 0 aliphatic rings. The van der Waals surface area contributed by atoms with Gasteiger partial charge in [-0.15, -0.1) is 0 Å². The van der Waals surface area contributed by atoms with Gasteiger partial charge in [0.1, 0.15) is 0 Å². The zero-order valence-corrected chi connectivity index (χ0v) is 17.0. The predicted molar refractivity (Wildman–Crippen MR) is 114 cm³/mol. The van der Waals surface area contributed by atoms with Crippen molar-refractivity contribution in [3.8, 4) is 5.69 Å². The lowest BCUT2D eigenvalue weighted by Crippen LogP contribution is -2.38. The minimum atomic E-state index is 0.894. The van der Waals surface area contributed by atoms with Gasteiger partial charge in [0, 0.05) is 26.3 Å². The molecule has 1 heterocycles. The van der Waals surface area contributed by atoms with Crippen molar-refractivity contribution < 1.29 is 0 Å². The molecule has 0 atom stereocenters. The Kier molecular flexibility index (Phi) is 9.10. The van der Waals surface area contributed by atoms with Gasteiger partial charge in [0.05, 0.1) is 11.4 Å². The number of hydrogen-bond acceptors (Lipinski definition) is 3. The molecule has 0 saturated carbocycles. The van der Waals surface area contributed by atoms with E-state index >= 15 is 0 Å². The Labute approximate surface area is 161 Å². The molecule has 0 fully saturated rings. The lowest BCUT2D eigenvalue weighted by atomic mass is 10.1. The number of rotatable bonds is 10. The number of thioether (sulfide) groups is 1. The molecule has 0 aliphatic carbocycles. The van der Waals surface area contributed by atoms with E-state index in [1.807, 2.05) is 41.7 Å². The molecule has 0 amide bonds. The zero-order valence-electron chi connectivity index (χ0n) is 16.2. The van der Waals surface area contributed by atoms with Gasteiger partial charge in [0.2, 0.25) is 0 Å². The molecule has 0 bridgehead atoms. The molecule has 1 aromatic carbocycles. The van der Waals surface area contributed by atoms with Gasteiger partial charge in [0.25, 0.3) is 0 Å². The van der Waals surface area contributed by atoms with Crippen molar-refractivity contribution >= 4 is 17.7 Å². The SMILES string of the molecule is CN=C(NCCCCSC)NCCCc1cn(-c2ccccc2)nc1C. The fourth-order valence-electron chi connectivity index (χ4n) is 2.74. The maximum absolute atomic E-state index is 4.63. The van der Waals surface area contributed by atoms with Crippen LogP contribution in [0.1, 0.15) is 30.5 Å². The van der Waals surface area contributed by atoms with Crippen molar-refractivity contribution in [2.24, 2.45) is 4.99 Å². The average Bonchev–Trinajstić information content (AvgIpc) is 3.04. The van der Waals surface area contributed by atoms with Crippen LogP contribution in [0.3, 0.4) is 0 Å². The first-order valence-electron chi connectivity index (χ1n) is 9.28. The van der Waals surface area contributed by atoms with Crippen LogP contribution in [0.5, 0.6) is 0 Å². The molecular formula is C20H31N5S. The second kappa shape index (κ2) is 11.6. The molecule has 0 unspecified atom stereocenters. The van der Waals surface area contributed by atoms with Crippen LogP contribution < -0.4 is 10.6 Å². The van der Waals surface area contributed by atoms with Crippen LogP contribution in [0.15, 0.2) is 41.5 Å². The van der Waals surface area contributed by atoms with Gasteiger partial charge in [-0.25, -0.2) is 4.68 Å². The van der Waals surface area contributed by atoms with Crippen LogP contribution in [0.25, 0.3) is 5.69 Å². The second-order valence-electron chi connectivity index (χ2n) is 6.25. The summed E-state index contributed by atoms with van der Waals surface area (Å²) in [6.07, 6.45) is 8.78. The van der Waals surface area contributed by atoms with E-state index in [0.717, 1.165) is 43.3 Å². The average molecular weight is 374 g/mol. The molecule has 0 saturated heterocycles. The van der Waals surface area contributed by atoms with E-state index in [4.69, 9.17) is 0 Å². The van der Waals surface area contributed by atoms with E-state index in [1.54, 1.807) is 0 Å². The first-order valence-corrected chi connectivity index (χ1v) is 10.7. The number of aromatic nitrogens is 2. The topological polar surface area (TPSA) is 54.2 Å². The summed E-state index contributed by atoms with van der Waals surface area (Å²) in [5.74, 6) is 2.12. The number of benzene rings is 1. The van der Waals surface area contributed by atoms with Gasteiger partial charge in [-0.1, -0.05) is 18.2 Å². The second-order valence-corrected chi connectivity index (χ2v) is 7.23. The number of aryl methyl sites for hydroxylation is 2. The summed E-state index contributed by atoms with van der Waals surface area (Å²) in [6.45, 7) is 3.96. The Morgan fingerprint density at radius 3 is 2.54 bits per heavy atom. The smallest absolute Gasteiger partial charge is 0.190 e. The Balaban J connectivity index is 1.71. The minimum Gasteiger partial charge on any atom is -0.356 e. The predicted octanol–water partition coefficient (Wildman–Crippen LogP) is 3.42. The Morgan fingerprint density at radius 2 is 1.85 bits per heavy atom. The Hall–Kier alpha value is -1.95. The van der Waals surface area contributed by atoms with Gasteiger partial charge < -0.3 is 10.6 Å². The number of nitrogens with one attached hydrogen (secondary N) is 2. The normalized spacial score (nSPS) is 11.6. The molecule has 6 heteroatoms. The number of hydrogen-bond donors (Lipinski definition) is 2. The standard InChI is InChI=1S/C20H31N5S/c1-17-18(16-25(24-17)19-11-5-4-6-12-19)10-9-14-23-20(21-2)22-13-7-8-15-26-3/h4-6,11-12,16H,7-10,13-15H2,1-3H3,(H2,21,22,23). The number of guanidine groups is 1. The molecule has 0 aliphatic heterocycles. The maximum atomic E-state index is 4.63. The van der Waals surface area contributed by atoms with E-state index < -0.39 is 0 Å². The minimum absolute atomic E-state index is 0.894. The number of nitrogens with zero attached hydrogens (tertiary/aromatic N) is 3. The summed E-state index contributed by atoms with van der Waals surface area (Å²) in [7, 11) is 1.82. The highest BCUT2D eigenvalue weighted by Crippen LogP contribution is 2.13. The van der Waals surface area contributed by atoms with Crippen LogP contribution in [0.4, 0.5) is 0 Å². The van der Waals surface area contributed by atoms with E-state index in [9.17, 15) is 0 Å². The Bertz CT molecular complexity index is 666. The van der Waals surface area contributed by atoms with Crippen LogP contribution in [0.2, 0.25) is 0 Å². The third-order valence-corrected chi connectivity index (χ3v) is 4.92. The first-order chi connectivity index (χ1) is 12.7. The molecule has 2 N–H and O–H groups in total. The van der Waals surface area contributed by atoms with Gasteiger partial charge in [-0.05, 0) is 62.3 Å². The lowest BCUT2D eigenvalue weighted by molar-refractivity contribution is 0.712.